The van der Waals surface area contributed by atoms with Gasteiger partial charge in [0.25, 0.3) is 0 Å². The number of alkyl carbamates (subject to hydrolysis) is 1. The number of pyridine rings is 1. The molecule has 1 rings (SSSR count). The molecule has 15 heavy (non-hydrogen) atoms. The minimum Gasteiger partial charge on any atom is -0.453 e. The number of hydrogen-bond donors (Lipinski definition) is 3. The fraction of sp³-hybridized carbons (Fsp3) is 0.250. The molecular formula is C8H11ClN4O2. The van der Waals surface area contributed by atoms with Crippen molar-refractivity contribution in [2.45, 2.75) is 6.54 Å². The molecule has 0 aromatic carbocycles. The zero-order chi connectivity index (χ0) is 11.3. The van der Waals surface area contributed by atoms with Gasteiger partial charge in [-0.15, -0.1) is 0 Å². The minimum absolute atomic E-state index is 0.296. The molecule has 0 bridgehead atoms. The van der Waals surface area contributed by atoms with Crippen molar-refractivity contribution in [1.82, 2.24) is 10.3 Å². The Morgan fingerprint density at radius 1 is 1.73 bits per heavy atom. The fourth-order valence-corrected chi connectivity index (χ4v) is 1.17. The number of ether oxygens (including phenoxy) is 1. The number of rotatable bonds is 3. The average molecular weight is 231 g/mol. The van der Waals surface area contributed by atoms with Crippen molar-refractivity contribution < 1.29 is 9.53 Å². The van der Waals surface area contributed by atoms with Crippen LogP contribution in [-0.2, 0) is 11.3 Å². The molecule has 1 aromatic heterocycles. The maximum Gasteiger partial charge on any atom is 0.407 e. The highest BCUT2D eigenvalue weighted by Gasteiger charge is 2.03. The second-order valence-corrected chi connectivity index (χ2v) is 3.07. The molecule has 4 N–H and O–H groups in total. The van der Waals surface area contributed by atoms with Gasteiger partial charge >= 0.3 is 6.09 Å². The Kier molecular flexibility index (Phi) is 4.14. The molecule has 1 heterocycles. The highest BCUT2D eigenvalue weighted by atomic mass is 35.5. The van der Waals surface area contributed by atoms with Crippen LogP contribution in [0.2, 0.25) is 5.02 Å². The number of carbonyl (C=O) groups is 1. The zero-order valence-corrected chi connectivity index (χ0v) is 8.84. The van der Waals surface area contributed by atoms with Crippen LogP contribution in [0, 0.1) is 0 Å². The normalized spacial score (nSPS) is 9.53. The lowest BCUT2D eigenvalue weighted by atomic mass is 10.3. The summed E-state index contributed by atoms with van der Waals surface area (Å²) in [5.74, 6) is 5.55. The number of aromatic nitrogens is 1. The molecule has 0 spiro atoms. The van der Waals surface area contributed by atoms with Gasteiger partial charge in [0.1, 0.15) is 0 Å². The first-order valence-electron chi connectivity index (χ1n) is 4.10. The number of anilines is 1. The lowest BCUT2D eigenvalue weighted by molar-refractivity contribution is 0.170. The number of halogens is 1. The van der Waals surface area contributed by atoms with Crippen molar-refractivity contribution in [1.29, 1.82) is 0 Å². The first kappa shape index (κ1) is 11.5. The summed E-state index contributed by atoms with van der Waals surface area (Å²) in [6.07, 6.45) is 1.05. The molecule has 82 valence electrons. The molecule has 7 heteroatoms. The number of methoxy groups -OCH3 is 1. The molecule has 0 unspecified atom stereocenters. The fourth-order valence-electron chi connectivity index (χ4n) is 0.927. The van der Waals surface area contributed by atoms with Crippen molar-refractivity contribution in [3.05, 3.63) is 22.8 Å². The Morgan fingerprint density at radius 3 is 3.00 bits per heavy atom. The van der Waals surface area contributed by atoms with Crippen LogP contribution in [0.15, 0.2) is 12.3 Å². The van der Waals surface area contributed by atoms with Crippen molar-refractivity contribution >= 4 is 23.5 Å². The van der Waals surface area contributed by atoms with Gasteiger partial charge in [-0.1, -0.05) is 11.6 Å². The number of nitrogens with two attached hydrogens (primary N) is 1. The number of amides is 1. The number of nitrogen functional groups attached to an aromatic ring is 1. The van der Waals surface area contributed by atoms with Crippen LogP contribution in [0.3, 0.4) is 0 Å². The van der Waals surface area contributed by atoms with Crippen LogP contribution in [0.25, 0.3) is 0 Å². The van der Waals surface area contributed by atoms with E-state index in [1.807, 2.05) is 0 Å². The molecule has 0 saturated heterocycles. The van der Waals surface area contributed by atoms with Gasteiger partial charge in [0.05, 0.1) is 12.1 Å². The number of hydrogen-bond acceptors (Lipinski definition) is 5. The van der Waals surface area contributed by atoms with E-state index in [2.05, 4.69) is 20.5 Å². The van der Waals surface area contributed by atoms with Gasteiger partial charge in [0.2, 0.25) is 0 Å². The quantitative estimate of drug-likeness (QED) is 0.530. The first-order chi connectivity index (χ1) is 7.17. The van der Waals surface area contributed by atoms with Crippen LogP contribution < -0.4 is 16.6 Å². The lowest BCUT2D eigenvalue weighted by Crippen LogP contribution is -2.22. The van der Waals surface area contributed by atoms with Crippen LogP contribution in [0.5, 0.6) is 0 Å². The Bertz CT molecular complexity index is 358. The standard InChI is InChI=1S/C8H11ClN4O2/c1-15-8(14)12-4-5-2-6(9)7(13-10)11-3-5/h2-3H,4,10H2,1H3,(H,11,13)(H,12,14). The molecule has 0 aliphatic heterocycles. The van der Waals surface area contributed by atoms with E-state index >= 15 is 0 Å². The van der Waals surface area contributed by atoms with Gasteiger partial charge < -0.3 is 15.5 Å². The zero-order valence-electron chi connectivity index (χ0n) is 8.08. The summed E-state index contributed by atoms with van der Waals surface area (Å²) in [7, 11) is 1.29. The van der Waals surface area contributed by atoms with Crippen LogP contribution in [0.1, 0.15) is 5.56 Å². The molecular weight excluding hydrogens is 220 g/mol. The number of carbonyl (C=O) groups excluding carboxylic acids is 1. The SMILES string of the molecule is COC(=O)NCc1cnc(NN)c(Cl)c1. The van der Waals surface area contributed by atoms with Gasteiger partial charge in [-0.3, -0.25) is 0 Å². The van der Waals surface area contributed by atoms with Crippen molar-refractivity contribution in [2.75, 3.05) is 12.5 Å². The van der Waals surface area contributed by atoms with E-state index in [1.165, 1.54) is 7.11 Å². The third-order valence-electron chi connectivity index (χ3n) is 1.66. The highest BCUT2D eigenvalue weighted by molar-refractivity contribution is 6.32. The largest absolute Gasteiger partial charge is 0.453 e. The van der Waals surface area contributed by atoms with Crippen molar-refractivity contribution in [3.63, 3.8) is 0 Å². The molecule has 6 nitrogen and oxygen atoms in total. The second-order valence-electron chi connectivity index (χ2n) is 2.66. The molecule has 0 aliphatic rings. The third-order valence-corrected chi connectivity index (χ3v) is 1.94. The molecule has 1 aromatic rings. The van der Waals surface area contributed by atoms with Gasteiger partial charge in [-0.05, 0) is 11.6 Å². The van der Waals surface area contributed by atoms with E-state index in [9.17, 15) is 4.79 Å². The second kappa shape index (κ2) is 5.38. The van der Waals surface area contributed by atoms with Gasteiger partial charge in [-0.25, -0.2) is 15.6 Å². The van der Waals surface area contributed by atoms with Crippen LogP contribution in [-0.4, -0.2) is 18.2 Å². The Balaban J connectivity index is 2.63. The van der Waals surface area contributed by atoms with E-state index < -0.39 is 6.09 Å². The predicted octanol–water partition coefficient (Wildman–Crippen LogP) is 0.877. The maximum atomic E-state index is 10.8. The van der Waals surface area contributed by atoms with E-state index in [-0.39, 0.29) is 0 Å². The van der Waals surface area contributed by atoms with Crippen molar-refractivity contribution in [2.24, 2.45) is 5.84 Å². The highest BCUT2D eigenvalue weighted by Crippen LogP contribution is 2.18. The summed E-state index contributed by atoms with van der Waals surface area (Å²) < 4.78 is 4.41. The van der Waals surface area contributed by atoms with Crippen molar-refractivity contribution in [3.8, 4) is 0 Å². The summed E-state index contributed by atoms with van der Waals surface area (Å²) in [5.41, 5.74) is 3.10. The average Bonchev–Trinajstić information content (AvgIpc) is 2.26. The Labute approximate surface area is 91.7 Å². The monoisotopic (exact) mass is 230 g/mol. The summed E-state index contributed by atoms with van der Waals surface area (Å²) in [6, 6.07) is 1.65. The molecule has 0 aliphatic carbocycles. The third kappa shape index (κ3) is 3.26. The Morgan fingerprint density at radius 2 is 2.47 bits per heavy atom. The molecule has 0 atom stereocenters. The van der Waals surface area contributed by atoms with Gasteiger partial charge in [0.15, 0.2) is 5.82 Å². The van der Waals surface area contributed by atoms with Gasteiger partial charge in [0, 0.05) is 12.7 Å². The van der Waals surface area contributed by atoms with E-state index in [1.54, 1.807) is 12.3 Å². The van der Waals surface area contributed by atoms with E-state index in [4.69, 9.17) is 17.4 Å². The molecule has 0 saturated carbocycles. The summed E-state index contributed by atoms with van der Waals surface area (Å²) in [4.78, 5) is 14.7. The lowest BCUT2D eigenvalue weighted by Gasteiger charge is -2.06. The van der Waals surface area contributed by atoms with Gasteiger partial charge in [-0.2, -0.15) is 0 Å². The van der Waals surface area contributed by atoms with E-state index in [0.717, 1.165) is 5.56 Å². The maximum absolute atomic E-state index is 10.8. The summed E-state index contributed by atoms with van der Waals surface area (Å²) >= 11 is 5.83. The van der Waals surface area contributed by atoms with Crippen LogP contribution >= 0.6 is 11.6 Å². The Hall–Kier alpha value is -1.53. The topological polar surface area (TPSA) is 89.3 Å². The summed E-state index contributed by atoms with van der Waals surface area (Å²) in [6.45, 7) is 0.296. The smallest absolute Gasteiger partial charge is 0.407 e. The number of nitrogens with zero attached hydrogens (tertiary/aromatic N) is 1. The molecule has 0 fully saturated rings. The first-order valence-corrected chi connectivity index (χ1v) is 4.48. The van der Waals surface area contributed by atoms with Crippen LogP contribution in [0.4, 0.5) is 10.6 Å². The number of hydrazine groups is 1. The molecule has 1 amide bonds. The summed E-state index contributed by atoms with van der Waals surface area (Å²) in [5, 5.41) is 2.89. The van der Waals surface area contributed by atoms with E-state index in [0.29, 0.717) is 17.4 Å². The number of nitrogens with one attached hydrogen (secondary N) is 2. The minimum atomic E-state index is -0.507. The molecule has 0 radical (unpaired) electrons. The predicted molar refractivity (Wildman–Crippen MR) is 56.3 cm³/mol.